The Balaban J connectivity index is 2.01. The van der Waals surface area contributed by atoms with Gasteiger partial charge in [-0.05, 0) is 49.1 Å². The van der Waals surface area contributed by atoms with Crippen molar-refractivity contribution in [1.29, 1.82) is 0 Å². The molecule has 0 aromatic heterocycles. The molecular weight excluding hydrogens is 420 g/mol. The molecule has 0 aliphatic rings. The van der Waals surface area contributed by atoms with Gasteiger partial charge in [0.25, 0.3) is 0 Å². The lowest BCUT2D eigenvalue weighted by Gasteiger charge is -2.32. The largest absolute Gasteiger partial charge is 0.343 e. The number of sulfonamides is 1. The number of rotatable bonds is 8. The van der Waals surface area contributed by atoms with Gasteiger partial charge in [0.05, 0.1) is 18.0 Å². The summed E-state index contributed by atoms with van der Waals surface area (Å²) in [6.45, 7) is 5.76. The Hall–Kier alpha value is -3.12. The van der Waals surface area contributed by atoms with E-state index in [2.05, 4.69) is 5.32 Å². The lowest BCUT2D eigenvalue weighted by molar-refractivity contribution is -0.122. The number of benzene rings is 3. The van der Waals surface area contributed by atoms with Crippen molar-refractivity contribution in [3.8, 4) is 0 Å². The first kappa shape index (κ1) is 23.5. The van der Waals surface area contributed by atoms with Gasteiger partial charge in [-0.3, -0.25) is 9.10 Å². The van der Waals surface area contributed by atoms with Crippen LogP contribution in [0.1, 0.15) is 41.6 Å². The van der Waals surface area contributed by atoms with Crippen molar-refractivity contribution >= 4 is 21.6 Å². The van der Waals surface area contributed by atoms with Crippen molar-refractivity contribution in [1.82, 2.24) is 5.32 Å². The average Bonchev–Trinajstić information content (AvgIpc) is 2.77. The molecule has 0 heterocycles. The Morgan fingerprint density at radius 2 is 1.50 bits per heavy atom. The molecule has 1 N–H and O–H groups in total. The second-order valence-corrected chi connectivity index (χ2v) is 9.89. The quantitative estimate of drug-likeness (QED) is 0.538. The number of amides is 1. The highest BCUT2D eigenvalue weighted by atomic mass is 32.2. The SMILES string of the molecule is CC[C@@H](C(=O)N[C@@H](c1ccccc1)c1ccccc1C)N(c1ccc(C)cc1)S(C)(=O)=O. The van der Waals surface area contributed by atoms with Gasteiger partial charge in [-0.15, -0.1) is 0 Å². The fraction of sp³-hybridized carbons (Fsp3) is 0.269. The highest BCUT2D eigenvalue weighted by molar-refractivity contribution is 7.92. The van der Waals surface area contributed by atoms with Gasteiger partial charge < -0.3 is 5.32 Å². The van der Waals surface area contributed by atoms with Gasteiger partial charge in [0.1, 0.15) is 6.04 Å². The van der Waals surface area contributed by atoms with Crippen LogP contribution in [-0.2, 0) is 14.8 Å². The summed E-state index contributed by atoms with van der Waals surface area (Å²) in [7, 11) is -3.69. The summed E-state index contributed by atoms with van der Waals surface area (Å²) >= 11 is 0. The summed E-state index contributed by atoms with van der Waals surface area (Å²) in [6.07, 6.45) is 1.47. The highest BCUT2D eigenvalue weighted by Gasteiger charge is 2.33. The third kappa shape index (κ3) is 5.37. The van der Waals surface area contributed by atoms with Crippen molar-refractivity contribution in [2.45, 2.75) is 39.3 Å². The number of carbonyl (C=O) groups excluding carboxylic acids is 1. The van der Waals surface area contributed by atoms with Crippen LogP contribution in [-0.4, -0.2) is 26.6 Å². The first-order valence-electron chi connectivity index (χ1n) is 10.7. The van der Waals surface area contributed by atoms with Gasteiger partial charge >= 0.3 is 0 Å². The summed E-state index contributed by atoms with van der Waals surface area (Å²) < 4.78 is 26.7. The Morgan fingerprint density at radius 1 is 0.906 bits per heavy atom. The van der Waals surface area contributed by atoms with Crippen LogP contribution in [0.3, 0.4) is 0 Å². The molecule has 3 rings (SSSR count). The second-order valence-electron chi connectivity index (χ2n) is 8.03. The zero-order chi connectivity index (χ0) is 23.3. The Morgan fingerprint density at radius 3 is 2.06 bits per heavy atom. The first-order valence-corrected chi connectivity index (χ1v) is 12.5. The molecule has 32 heavy (non-hydrogen) atoms. The molecule has 168 valence electrons. The number of hydrogen-bond donors (Lipinski definition) is 1. The summed E-state index contributed by atoms with van der Waals surface area (Å²) in [5.41, 5.74) is 4.46. The molecule has 0 saturated heterocycles. The monoisotopic (exact) mass is 450 g/mol. The third-order valence-corrected chi connectivity index (χ3v) is 6.72. The average molecular weight is 451 g/mol. The Kier molecular flexibility index (Phi) is 7.36. The fourth-order valence-electron chi connectivity index (χ4n) is 3.89. The third-order valence-electron chi connectivity index (χ3n) is 5.54. The van der Waals surface area contributed by atoms with Crippen LogP contribution >= 0.6 is 0 Å². The van der Waals surface area contributed by atoms with Crippen LogP contribution in [0.5, 0.6) is 0 Å². The van der Waals surface area contributed by atoms with Crippen molar-refractivity contribution in [3.63, 3.8) is 0 Å². The van der Waals surface area contributed by atoms with E-state index in [0.717, 1.165) is 28.5 Å². The second kappa shape index (κ2) is 10.0. The first-order chi connectivity index (χ1) is 15.2. The standard InChI is InChI=1S/C26H30N2O3S/c1-5-24(28(32(4,30)31)22-17-15-19(2)16-18-22)26(29)27-25(21-12-7-6-8-13-21)23-14-10-9-11-20(23)3/h6-18,24-25H,5H2,1-4H3,(H,27,29)/t24-,25-/m0/s1. The molecule has 2 atom stereocenters. The number of carbonyl (C=O) groups is 1. The minimum absolute atomic E-state index is 0.335. The number of nitrogens with zero attached hydrogens (tertiary/aromatic N) is 1. The van der Waals surface area contributed by atoms with Crippen LogP contribution in [0.25, 0.3) is 0 Å². The fourth-order valence-corrected chi connectivity index (χ4v) is 5.10. The van der Waals surface area contributed by atoms with Crippen molar-refractivity contribution < 1.29 is 13.2 Å². The molecule has 0 radical (unpaired) electrons. The molecular formula is C26H30N2O3S. The normalized spacial score (nSPS) is 13.2. The molecule has 0 fully saturated rings. The van der Waals surface area contributed by atoms with E-state index in [1.54, 1.807) is 12.1 Å². The lowest BCUT2D eigenvalue weighted by atomic mass is 9.94. The molecule has 0 unspecified atom stereocenters. The van der Waals surface area contributed by atoms with E-state index in [4.69, 9.17) is 0 Å². The number of anilines is 1. The van der Waals surface area contributed by atoms with Gasteiger partial charge in [0.2, 0.25) is 15.9 Å². The summed E-state index contributed by atoms with van der Waals surface area (Å²) in [4.78, 5) is 13.6. The zero-order valence-electron chi connectivity index (χ0n) is 18.9. The highest BCUT2D eigenvalue weighted by Crippen LogP contribution is 2.27. The van der Waals surface area contributed by atoms with Gasteiger partial charge in [-0.1, -0.05) is 79.2 Å². The maximum Gasteiger partial charge on any atom is 0.244 e. The van der Waals surface area contributed by atoms with Crippen molar-refractivity contribution in [3.05, 3.63) is 101 Å². The number of nitrogens with one attached hydrogen (secondary N) is 1. The van der Waals surface area contributed by atoms with Crippen LogP contribution in [0.2, 0.25) is 0 Å². The predicted octanol–water partition coefficient (Wildman–Crippen LogP) is 4.75. The zero-order valence-corrected chi connectivity index (χ0v) is 19.8. The molecule has 6 heteroatoms. The number of hydrogen-bond acceptors (Lipinski definition) is 3. The van der Waals surface area contributed by atoms with E-state index >= 15 is 0 Å². The van der Waals surface area contributed by atoms with Gasteiger partial charge in [-0.2, -0.15) is 0 Å². The van der Waals surface area contributed by atoms with Crippen LogP contribution in [0.15, 0.2) is 78.9 Å². The minimum atomic E-state index is -3.69. The molecule has 3 aromatic rings. The summed E-state index contributed by atoms with van der Waals surface area (Å²) in [6, 6.07) is 23.5. The number of aryl methyl sites for hydroxylation is 2. The van der Waals surface area contributed by atoms with Crippen LogP contribution in [0.4, 0.5) is 5.69 Å². The molecule has 0 aliphatic heterocycles. The van der Waals surface area contributed by atoms with E-state index < -0.39 is 22.1 Å². The van der Waals surface area contributed by atoms with Gasteiger partial charge in [0, 0.05) is 0 Å². The molecule has 0 bridgehead atoms. The van der Waals surface area contributed by atoms with Crippen LogP contribution in [0, 0.1) is 13.8 Å². The van der Waals surface area contributed by atoms with E-state index in [9.17, 15) is 13.2 Å². The molecule has 0 saturated carbocycles. The minimum Gasteiger partial charge on any atom is -0.343 e. The maximum absolute atomic E-state index is 13.6. The van der Waals surface area contributed by atoms with Crippen molar-refractivity contribution in [2.75, 3.05) is 10.6 Å². The summed E-state index contributed by atoms with van der Waals surface area (Å²) in [5, 5.41) is 3.13. The van der Waals surface area contributed by atoms with E-state index in [1.807, 2.05) is 87.5 Å². The van der Waals surface area contributed by atoms with Gasteiger partial charge in [0.15, 0.2) is 0 Å². The predicted molar refractivity (Wildman–Crippen MR) is 130 cm³/mol. The Labute approximate surface area is 191 Å². The topological polar surface area (TPSA) is 66.5 Å². The smallest absolute Gasteiger partial charge is 0.244 e. The Bertz CT molecular complexity index is 1160. The summed E-state index contributed by atoms with van der Waals surface area (Å²) in [5.74, 6) is -0.337. The van der Waals surface area contributed by atoms with E-state index in [0.29, 0.717) is 12.1 Å². The van der Waals surface area contributed by atoms with Crippen molar-refractivity contribution in [2.24, 2.45) is 0 Å². The molecule has 0 aliphatic carbocycles. The molecule has 1 amide bonds. The maximum atomic E-state index is 13.6. The van der Waals surface area contributed by atoms with E-state index in [-0.39, 0.29) is 5.91 Å². The van der Waals surface area contributed by atoms with Crippen LogP contribution < -0.4 is 9.62 Å². The molecule has 5 nitrogen and oxygen atoms in total. The van der Waals surface area contributed by atoms with E-state index in [1.165, 1.54) is 4.31 Å². The molecule has 0 spiro atoms. The lowest BCUT2D eigenvalue weighted by Crippen LogP contribution is -2.50. The molecule has 3 aromatic carbocycles. The van der Waals surface area contributed by atoms with Gasteiger partial charge in [-0.25, -0.2) is 8.42 Å².